The highest BCUT2D eigenvalue weighted by molar-refractivity contribution is 7.98. The second-order valence-electron chi connectivity index (χ2n) is 8.40. The molecule has 1 aliphatic rings. The zero-order chi connectivity index (χ0) is 25.4. The van der Waals surface area contributed by atoms with Crippen molar-refractivity contribution in [3.63, 3.8) is 0 Å². The van der Waals surface area contributed by atoms with E-state index in [1.54, 1.807) is 36.4 Å². The van der Waals surface area contributed by atoms with Gasteiger partial charge in [-0.2, -0.15) is 11.8 Å². The zero-order valence-corrected chi connectivity index (χ0v) is 21.8. The van der Waals surface area contributed by atoms with E-state index in [2.05, 4.69) is 36.5 Å². The van der Waals surface area contributed by atoms with Gasteiger partial charge in [-0.1, -0.05) is 48.0 Å². The number of hydrogen-bond donors (Lipinski definition) is 1. The van der Waals surface area contributed by atoms with Crippen molar-refractivity contribution in [2.45, 2.75) is 24.0 Å². The zero-order valence-electron chi connectivity index (χ0n) is 20.2. The van der Waals surface area contributed by atoms with E-state index in [0.717, 1.165) is 22.2 Å². The van der Waals surface area contributed by atoms with Gasteiger partial charge in [-0.3, -0.25) is 9.10 Å². The summed E-state index contributed by atoms with van der Waals surface area (Å²) in [7, 11) is -3.98. The average Bonchev–Trinajstić information content (AvgIpc) is 2.89. The molecule has 0 aromatic heterocycles. The van der Waals surface area contributed by atoms with Crippen LogP contribution in [0.4, 0.5) is 5.69 Å². The maximum absolute atomic E-state index is 13.5. The maximum Gasteiger partial charge on any atom is 0.264 e. The van der Waals surface area contributed by atoms with E-state index in [1.807, 2.05) is 11.8 Å². The smallest absolute Gasteiger partial charge is 0.264 e. The standard InChI is InChI=1S/C27H30N2O5S2/c1-21-7-5-8-22(17-21)20-35-16-6-13-28-27(30)19-29(36(31,32)24-9-3-2-4-10-24)23-11-12-25-26(18-23)34-15-14-33-25/h2-5,7-12,17-18H,6,13-16,19-20H2,1H3,(H,28,30). The number of carbonyl (C=O) groups is 1. The van der Waals surface area contributed by atoms with E-state index in [-0.39, 0.29) is 17.3 Å². The largest absolute Gasteiger partial charge is 0.486 e. The summed E-state index contributed by atoms with van der Waals surface area (Å²) in [5.74, 6) is 2.45. The van der Waals surface area contributed by atoms with Crippen LogP contribution >= 0.6 is 11.8 Å². The van der Waals surface area contributed by atoms with Crippen molar-refractivity contribution in [1.82, 2.24) is 5.32 Å². The number of ether oxygens (including phenoxy) is 2. The molecular weight excluding hydrogens is 496 g/mol. The fourth-order valence-electron chi connectivity index (χ4n) is 3.80. The van der Waals surface area contributed by atoms with Crippen LogP contribution in [0, 0.1) is 6.92 Å². The Bertz CT molecular complexity index is 1280. The first kappa shape index (κ1) is 25.9. The van der Waals surface area contributed by atoms with Gasteiger partial charge >= 0.3 is 0 Å². The molecule has 0 aliphatic carbocycles. The molecule has 0 unspecified atom stereocenters. The van der Waals surface area contributed by atoms with Gasteiger partial charge in [-0.05, 0) is 48.9 Å². The molecule has 0 bridgehead atoms. The summed E-state index contributed by atoms with van der Waals surface area (Å²) >= 11 is 1.81. The number of benzene rings is 3. The molecule has 1 amide bonds. The number of fused-ring (bicyclic) bond motifs is 1. The van der Waals surface area contributed by atoms with Gasteiger partial charge < -0.3 is 14.8 Å². The summed E-state index contributed by atoms with van der Waals surface area (Å²) in [6.07, 6.45) is 0.789. The van der Waals surface area contributed by atoms with Crippen molar-refractivity contribution in [3.8, 4) is 11.5 Å². The average molecular weight is 527 g/mol. The van der Waals surface area contributed by atoms with E-state index in [1.165, 1.54) is 23.3 Å². The number of anilines is 1. The van der Waals surface area contributed by atoms with Gasteiger partial charge in [0.25, 0.3) is 10.0 Å². The highest BCUT2D eigenvalue weighted by Gasteiger charge is 2.28. The number of nitrogens with one attached hydrogen (secondary N) is 1. The number of thioether (sulfide) groups is 1. The Labute approximate surface area is 216 Å². The summed E-state index contributed by atoms with van der Waals surface area (Å²) in [6.45, 7) is 3.03. The van der Waals surface area contributed by atoms with Crippen molar-refractivity contribution in [3.05, 3.63) is 83.9 Å². The van der Waals surface area contributed by atoms with Crippen LogP contribution in [0.1, 0.15) is 17.5 Å². The van der Waals surface area contributed by atoms with Crippen LogP contribution in [0.5, 0.6) is 11.5 Å². The summed E-state index contributed by atoms with van der Waals surface area (Å²) in [6, 6.07) is 21.4. The summed E-state index contributed by atoms with van der Waals surface area (Å²) < 4.78 is 39.3. The first-order valence-corrected chi connectivity index (χ1v) is 14.4. The first-order chi connectivity index (χ1) is 17.4. The summed E-state index contributed by atoms with van der Waals surface area (Å²) in [4.78, 5) is 12.9. The third-order valence-corrected chi connectivity index (χ3v) is 8.47. The number of carbonyl (C=O) groups excluding carboxylic acids is 1. The molecule has 36 heavy (non-hydrogen) atoms. The molecule has 190 valence electrons. The van der Waals surface area contributed by atoms with Crippen molar-refractivity contribution < 1.29 is 22.7 Å². The van der Waals surface area contributed by atoms with E-state index in [0.29, 0.717) is 36.9 Å². The number of hydrogen-bond acceptors (Lipinski definition) is 6. The minimum Gasteiger partial charge on any atom is -0.486 e. The molecule has 1 N–H and O–H groups in total. The number of nitrogens with zero attached hydrogens (tertiary/aromatic N) is 1. The molecule has 1 aliphatic heterocycles. The van der Waals surface area contributed by atoms with Gasteiger partial charge in [0.2, 0.25) is 5.91 Å². The minimum atomic E-state index is -3.98. The third-order valence-electron chi connectivity index (χ3n) is 5.57. The molecule has 9 heteroatoms. The molecule has 0 saturated carbocycles. The molecule has 1 heterocycles. The number of aryl methyl sites for hydroxylation is 1. The molecule has 7 nitrogen and oxygen atoms in total. The van der Waals surface area contributed by atoms with Crippen LogP contribution in [-0.2, 0) is 20.6 Å². The van der Waals surface area contributed by atoms with Gasteiger partial charge in [0, 0.05) is 18.4 Å². The predicted octanol–water partition coefficient (Wildman–Crippen LogP) is 4.40. The van der Waals surface area contributed by atoms with Crippen LogP contribution in [0.15, 0.2) is 77.7 Å². The summed E-state index contributed by atoms with van der Waals surface area (Å²) in [5, 5.41) is 2.86. The first-order valence-electron chi connectivity index (χ1n) is 11.8. The van der Waals surface area contributed by atoms with Crippen LogP contribution in [0.2, 0.25) is 0 Å². The minimum absolute atomic E-state index is 0.111. The van der Waals surface area contributed by atoms with Crippen molar-refractivity contribution in [1.29, 1.82) is 0 Å². The number of amides is 1. The predicted molar refractivity (Wildman–Crippen MR) is 143 cm³/mol. The second kappa shape index (κ2) is 12.2. The lowest BCUT2D eigenvalue weighted by Crippen LogP contribution is -2.41. The Kier molecular flexibility index (Phi) is 8.77. The quantitative estimate of drug-likeness (QED) is 0.373. The van der Waals surface area contributed by atoms with E-state index >= 15 is 0 Å². The summed E-state index contributed by atoms with van der Waals surface area (Å²) in [5.41, 5.74) is 2.87. The Balaban J connectivity index is 1.38. The van der Waals surface area contributed by atoms with Gasteiger partial charge in [-0.15, -0.1) is 0 Å². The Hall–Kier alpha value is -3.17. The van der Waals surface area contributed by atoms with Crippen LogP contribution in [0.3, 0.4) is 0 Å². The van der Waals surface area contributed by atoms with Gasteiger partial charge in [0.1, 0.15) is 19.8 Å². The molecule has 0 spiro atoms. The van der Waals surface area contributed by atoms with Crippen molar-refractivity contribution in [2.24, 2.45) is 0 Å². The molecule has 0 fully saturated rings. The Morgan fingerprint density at radius 1 is 0.972 bits per heavy atom. The SMILES string of the molecule is Cc1cccc(CSCCCNC(=O)CN(c2ccc3c(c2)OCCO3)S(=O)(=O)c2ccccc2)c1. The van der Waals surface area contributed by atoms with E-state index in [9.17, 15) is 13.2 Å². The maximum atomic E-state index is 13.5. The molecule has 0 radical (unpaired) electrons. The van der Waals surface area contributed by atoms with Crippen LogP contribution in [-0.4, -0.2) is 46.4 Å². The second-order valence-corrected chi connectivity index (χ2v) is 11.4. The highest BCUT2D eigenvalue weighted by Crippen LogP contribution is 2.35. The monoisotopic (exact) mass is 526 g/mol. The third kappa shape index (κ3) is 6.73. The molecule has 4 rings (SSSR count). The fraction of sp³-hybridized carbons (Fsp3) is 0.296. The van der Waals surface area contributed by atoms with E-state index < -0.39 is 10.0 Å². The molecule has 0 saturated heterocycles. The fourth-order valence-corrected chi connectivity index (χ4v) is 6.14. The van der Waals surface area contributed by atoms with E-state index in [4.69, 9.17) is 9.47 Å². The van der Waals surface area contributed by atoms with Gasteiger partial charge in [-0.25, -0.2) is 8.42 Å². The molecule has 0 atom stereocenters. The lowest BCUT2D eigenvalue weighted by Gasteiger charge is -2.26. The molecule has 3 aromatic rings. The molecular formula is C27H30N2O5S2. The van der Waals surface area contributed by atoms with Gasteiger partial charge in [0.15, 0.2) is 11.5 Å². The lowest BCUT2D eigenvalue weighted by atomic mass is 10.2. The van der Waals surface area contributed by atoms with Crippen molar-refractivity contribution in [2.75, 3.05) is 36.4 Å². The normalized spacial score (nSPS) is 12.7. The highest BCUT2D eigenvalue weighted by atomic mass is 32.2. The number of rotatable bonds is 11. The van der Waals surface area contributed by atoms with Crippen molar-refractivity contribution >= 4 is 33.4 Å². The van der Waals surface area contributed by atoms with Gasteiger partial charge in [0.05, 0.1) is 10.6 Å². The molecule has 3 aromatic carbocycles. The topological polar surface area (TPSA) is 84.9 Å². The Morgan fingerprint density at radius 3 is 2.53 bits per heavy atom. The Morgan fingerprint density at radius 2 is 1.75 bits per heavy atom. The number of sulfonamides is 1. The van der Waals surface area contributed by atoms with Crippen LogP contribution in [0.25, 0.3) is 0 Å². The van der Waals surface area contributed by atoms with Crippen LogP contribution < -0.4 is 19.1 Å². The lowest BCUT2D eigenvalue weighted by molar-refractivity contribution is -0.119.